The third kappa shape index (κ3) is 4.84. The van der Waals surface area contributed by atoms with Crippen LogP contribution in [0.5, 0.6) is 0 Å². The van der Waals surface area contributed by atoms with Crippen LogP contribution in [0.25, 0.3) is 0 Å². The third-order valence-corrected chi connectivity index (χ3v) is 5.57. The SMILES string of the molecule is CC(C)(O)CC1CC2CC(OC(=O)CCC(F)(F)C(F)(F)Br)C1C2. The number of aliphatic hydroxyl groups is 1. The van der Waals surface area contributed by atoms with Crippen LogP contribution in [0.1, 0.15) is 52.4 Å². The van der Waals surface area contributed by atoms with Crippen molar-refractivity contribution in [2.24, 2.45) is 17.8 Å². The summed E-state index contributed by atoms with van der Waals surface area (Å²) in [7, 11) is 0. The summed E-state index contributed by atoms with van der Waals surface area (Å²) in [6, 6.07) is 0. The molecule has 0 heterocycles. The van der Waals surface area contributed by atoms with E-state index in [4.69, 9.17) is 4.74 Å². The van der Waals surface area contributed by atoms with E-state index in [2.05, 4.69) is 0 Å². The van der Waals surface area contributed by atoms with Gasteiger partial charge in [-0.15, -0.1) is 0 Å². The summed E-state index contributed by atoms with van der Waals surface area (Å²) in [5.41, 5.74) is -0.812. The Morgan fingerprint density at radius 3 is 2.33 bits per heavy atom. The van der Waals surface area contributed by atoms with Crippen LogP contribution < -0.4 is 0 Å². The summed E-state index contributed by atoms with van der Waals surface area (Å²) >= 11 is 1.64. The predicted molar refractivity (Wildman–Crippen MR) is 83.2 cm³/mol. The first-order chi connectivity index (χ1) is 10.8. The van der Waals surface area contributed by atoms with Crippen molar-refractivity contribution in [2.45, 2.75) is 74.8 Å². The molecule has 0 aromatic carbocycles. The quantitative estimate of drug-likeness (QED) is 0.375. The molecule has 0 aliphatic heterocycles. The van der Waals surface area contributed by atoms with E-state index in [0.29, 0.717) is 18.8 Å². The van der Waals surface area contributed by atoms with Crippen LogP contribution in [0.3, 0.4) is 0 Å². The Balaban J connectivity index is 1.85. The maximum absolute atomic E-state index is 13.2. The second-order valence-corrected chi connectivity index (χ2v) is 8.74. The molecule has 0 amide bonds. The summed E-state index contributed by atoms with van der Waals surface area (Å²) in [5.74, 6) is -4.41. The molecule has 2 fully saturated rings. The van der Waals surface area contributed by atoms with Crippen molar-refractivity contribution in [3.8, 4) is 0 Å². The second-order valence-electron chi connectivity index (χ2n) is 7.74. The summed E-state index contributed by atoms with van der Waals surface area (Å²) in [4.78, 5) is 7.43. The molecule has 2 rings (SSSR count). The lowest BCUT2D eigenvalue weighted by Gasteiger charge is -2.32. The van der Waals surface area contributed by atoms with Gasteiger partial charge in [0.25, 0.3) is 0 Å². The monoisotopic (exact) mass is 418 g/mol. The zero-order valence-electron chi connectivity index (χ0n) is 13.7. The number of halogens is 5. The molecule has 0 spiro atoms. The molecule has 140 valence electrons. The van der Waals surface area contributed by atoms with Gasteiger partial charge in [-0.05, 0) is 73.2 Å². The number of hydrogen-bond acceptors (Lipinski definition) is 3. The summed E-state index contributed by atoms with van der Waals surface area (Å²) in [5, 5.41) is 9.96. The minimum absolute atomic E-state index is 0.114. The molecule has 2 bridgehead atoms. The van der Waals surface area contributed by atoms with Gasteiger partial charge in [-0.2, -0.15) is 17.6 Å². The van der Waals surface area contributed by atoms with Crippen molar-refractivity contribution in [3.05, 3.63) is 0 Å². The average molecular weight is 419 g/mol. The highest BCUT2D eigenvalue weighted by Gasteiger charge is 2.54. The van der Waals surface area contributed by atoms with Crippen molar-refractivity contribution in [1.29, 1.82) is 0 Å². The summed E-state index contributed by atoms with van der Waals surface area (Å²) < 4.78 is 57.0. The highest BCUT2D eigenvalue weighted by molar-refractivity contribution is 9.10. The Morgan fingerprint density at radius 2 is 1.83 bits per heavy atom. The third-order valence-electron chi connectivity index (χ3n) is 4.99. The van der Waals surface area contributed by atoms with E-state index >= 15 is 0 Å². The van der Waals surface area contributed by atoms with E-state index in [0.717, 1.165) is 12.8 Å². The van der Waals surface area contributed by atoms with E-state index in [1.807, 2.05) is 0 Å². The van der Waals surface area contributed by atoms with E-state index in [9.17, 15) is 27.5 Å². The van der Waals surface area contributed by atoms with Crippen LogP contribution in [0.4, 0.5) is 17.6 Å². The van der Waals surface area contributed by atoms with Crippen molar-refractivity contribution in [3.63, 3.8) is 0 Å². The van der Waals surface area contributed by atoms with Gasteiger partial charge >= 0.3 is 16.7 Å². The number of fused-ring (bicyclic) bond motifs is 2. The minimum Gasteiger partial charge on any atom is -0.462 e. The Bertz CT molecular complexity index is 473. The van der Waals surface area contributed by atoms with Gasteiger partial charge in [0.1, 0.15) is 6.10 Å². The van der Waals surface area contributed by atoms with Gasteiger partial charge in [0.2, 0.25) is 0 Å². The number of esters is 1. The molecule has 2 aliphatic rings. The fourth-order valence-corrected chi connectivity index (χ4v) is 4.27. The largest absolute Gasteiger partial charge is 0.462 e. The molecule has 0 aromatic heterocycles. The van der Waals surface area contributed by atoms with Crippen LogP contribution in [0.15, 0.2) is 0 Å². The van der Waals surface area contributed by atoms with Crippen LogP contribution in [-0.4, -0.2) is 33.5 Å². The minimum atomic E-state index is -4.34. The summed E-state index contributed by atoms with van der Waals surface area (Å²) in [6.07, 6.45) is 0.766. The zero-order valence-corrected chi connectivity index (χ0v) is 15.3. The van der Waals surface area contributed by atoms with Gasteiger partial charge in [-0.1, -0.05) is 0 Å². The van der Waals surface area contributed by atoms with Gasteiger partial charge in [-0.3, -0.25) is 4.79 Å². The first kappa shape index (κ1) is 19.9. The number of hydrogen-bond donors (Lipinski definition) is 1. The van der Waals surface area contributed by atoms with Crippen molar-refractivity contribution in [1.82, 2.24) is 0 Å². The molecule has 4 atom stereocenters. The Labute approximate surface area is 147 Å². The topological polar surface area (TPSA) is 46.5 Å². The van der Waals surface area contributed by atoms with Crippen molar-refractivity contribution >= 4 is 21.9 Å². The van der Waals surface area contributed by atoms with Crippen LogP contribution in [0.2, 0.25) is 0 Å². The number of rotatable bonds is 7. The Kier molecular flexibility index (Phi) is 5.60. The summed E-state index contributed by atoms with van der Waals surface area (Å²) in [6.45, 7) is 3.45. The fourth-order valence-electron chi connectivity index (χ4n) is 4.07. The fraction of sp³-hybridized carbons (Fsp3) is 0.938. The Morgan fingerprint density at radius 1 is 1.21 bits per heavy atom. The lowest BCUT2D eigenvalue weighted by Crippen LogP contribution is -2.36. The molecule has 2 aliphatic carbocycles. The molecule has 4 unspecified atom stereocenters. The van der Waals surface area contributed by atoms with Crippen molar-refractivity contribution in [2.75, 3.05) is 0 Å². The molecule has 0 radical (unpaired) electrons. The average Bonchev–Trinajstić information content (AvgIpc) is 2.92. The maximum Gasteiger partial charge on any atom is 0.363 e. The van der Waals surface area contributed by atoms with Crippen LogP contribution in [-0.2, 0) is 9.53 Å². The zero-order chi connectivity index (χ0) is 18.3. The molecular formula is C16H23BrF4O3. The van der Waals surface area contributed by atoms with Crippen LogP contribution >= 0.6 is 15.9 Å². The normalized spacial score (nSPS) is 30.7. The van der Waals surface area contributed by atoms with E-state index < -0.39 is 35.2 Å². The first-order valence-electron chi connectivity index (χ1n) is 8.15. The highest BCUT2D eigenvalue weighted by atomic mass is 79.9. The first-order valence-corrected chi connectivity index (χ1v) is 8.94. The van der Waals surface area contributed by atoms with Gasteiger partial charge < -0.3 is 9.84 Å². The Hall–Kier alpha value is -0.370. The number of alkyl halides is 5. The van der Waals surface area contributed by atoms with Gasteiger partial charge in [-0.25, -0.2) is 0 Å². The van der Waals surface area contributed by atoms with Gasteiger partial charge in [0, 0.05) is 6.42 Å². The molecular weight excluding hydrogens is 396 g/mol. The standard InChI is InChI=1S/C16H23BrF4O3/c1-14(2,23)8-10-5-9-6-11(10)12(7-9)24-13(22)3-4-15(18,19)16(17,20)21/h9-12,23H,3-8H2,1-2H3. The molecule has 24 heavy (non-hydrogen) atoms. The van der Waals surface area contributed by atoms with Crippen LogP contribution in [0, 0.1) is 17.8 Å². The number of carbonyl (C=O) groups is 1. The number of ether oxygens (including phenoxy) is 1. The van der Waals surface area contributed by atoms with E-state index in [1.54, 1.807) is 29.8 Å². The molecule has 2 saturated carbocycles. The smallest absolute Gasteiger partial charge is 0.363 e. The van der Waals surface area contributed by atoms with Gasteiger partial charge in [0.15, 0.2) is 0 Å². The lowest BCUT2D eigenvalue weighted by atomic mass is 9.80. The maximum atomic E-state index is 13.2. The predicted octanol–water partition coefficient (Wildman–Crippen LogP) is 4.51. The molecule has 8 heteroatoms. The van der Waals surface area contributed by atoms with Gasteiger partial charge in [0.05, 0.1) is 12.0 Å². The number of carbonyl (C=O) groups excluding carboxylic acids is 1. The molecule has 3 nitrogen and oxygen atoms in total. The van der Waals surface area contributed by atoms with Crippen molar-refractivity contribution < 1.29 is 32.2 Å². The lowest BCUT2D eigenvalue weighted by molar-refractivity contribution is -0.167. The molecule has 1 N–H and O–H groups in total. The van der Waals surface area contributed by atoms with E-state index in [-0.39, 0.29) is 17.9 Å². The van der Waals surface area contributed by atoms with E-state index in [1.165, 1.54) is 0 Å². The molecule has 0 aromatic rings. The second kappa shape index (κ2) is 6.74. The molecule has 0 saturated heterocycles. The highest BCUT2D eigenvalue weighted by Crippen LogP contribution is 2.52.